The van der Waals surface area contributed by atoms with Gasteiger partial charge in [-0.1, -0.05) is 27.2 Å². The molecule has 0 bridgehead atoms. The molecule has 0 saturated carbocycles. The SMILES string of the molecule is CCCC1NCC(=O)N1C(C)CCCN(CC)CC. The van der Waals surface area contributed by atoms with Gasteiger partial charge in [-0.05, 0) is 45.8 Å². The predicted molar refractivity (Wildman–Crippen MR) is 80.0 cm³/mol. The van der Waals surface area contributed by atoms with E-state index in [-0.39, 0.29) is 12.1 Å². The van der Waals surface area contributed by atoms with Crippen molar-refractivity contribution in [3.63, 3.8) is 0 Å². The third kappa shape index (κ3) is 4.77. The highest BCUT2D eigenvalue weighted by atomic mass is 16.2. The summed E-state index contributed by atoms with van der Waals surface area (Å²) in [6.45, 7) is 12.7. The Hall–Kier alpha value is -0.610. The van der Waals surface area contributed by atoms with Crippen LogP contribution >= 0.6 is 0 Å². The fourth-order valence-electron chi connectivity index (χ4n) is 2.93. The van der Waals surface area contributed by atoms with Crippen LogP contribution in [0.3, 0.4) is 0 Å². The molecule has 4 nitrogen and oxygen atoms in total. The summed E-state index contributed by atoms with van der Waals surface area (Å²) < 4.78 is 0. The average Bonchev–Trinajstić information content (AvgIpc) is 2.76. The second kappa shape index (κ2) is 8.54. The Balaban J connectivity index is 2.38. The van der Waals surface area contributed by atoms with Crippen LogP contribution in [0.4, 0.5) is 0 Å². The van der Waals surface area contributed by atoms with Crippen LogP contribution in [0.1, 0.15) is 53.4 Å². The van der Waals surface area contributed by atoms with E-state index in [4.69, 9.17) is 0 Å². The molecular weight excluding hydrogens is 238 g/mol. The van der Waals surface area contributed by atoms with Gasteiger partial charge >= 0.3 is 0 Å². The molecule has 4 heteroatoms. The topological polar surface area (TPSA) is 35.6 Å². The average molecular weight is 269 g/mol. The van der Waals surface area contributed by atoms with Crippen molar-refractivity contribution in [1.82, 2.24) is 15.1 Å². The lowest BCUT2D eigenvalue weighted by atomic mass is 10.1. The van der Waals surface area contributed by atoms with Crippen molar-refractivity contribution in [2.75, 3.05) is 26.2 Å². The van der Waals surface area contributed by atoms with E-state index in [0.29, 0.717) is 12.6 Å². The van der Waals surface area contributed by atoms with Gasteiger partial charge in [-0.15, -0.1) is 0 Å². The van der Waals surface area contributed by atoms with Gasteiger partial charge in [0, 0.05) is 6.04 Å². The summed E-state index contributed by atoms with van der Waals surface area (Å²) in [4.78, 5) is 16.5. The molecule has 2 atom stereocenters. The van der Waals surface area contributed by atoms with Crippen LogP contribution in [-0.4, -0.2) is 54.1 Å². The van der Waals surface area contributed by atoms with Gasteiger partial charge in [0.25, 0.3) is 0 Å². The standard InChI is InChI=1S/C15H31N3O/c1-5-9-14-16-12-15(19)18(14)13(4)10-8-11-17(6-2)7-3/h13-14,16H,5-12H2,1-4H3. The van der Waals surface area contributed by atoms with Gasteiger partial charge in [-0.2, -0.15) is 0 Å². The van der Waals surface area contributed by atoms with Crippen LogP contribution in [0.25, 0.3) is 0 Å². The molecule has 19 heavy (non-hydrogen) atoms. The Morgan fingerprint density at radius 2 is 2.05 bits per heavy atom. The van der Waals surface area contributed by atoms with Crippen LogP contribution in [-0.2, 0) is 4.79 Å². The molecule has 1 amide bonds. The van der Waals surface area contributed by atoms with Gasteiger partial charge in [0.05, 0.1) is 12.7 Å². The molecule has 1 aliphatic heterocycles. The first kappa shape index (κ1) is 16.4. The number of hydrogen-bond acceptors (Lipinski definition) is 3. The lowest BCUT2D eigenvalue weighted by Crippen LogP contribution is -2.43. The van der Waals surface area contributed by atoms with Crippen molar-refractivity contribution in [1.29, 1.82) is 0 Å². The molecule has 1 saturated heterocycles. The number of rotatable bonds is 9. The van der Waals surface area contributed by atoms with Gasteiger partial charge in [-0.25, -0.2) is 0 Å². The van der Waals surface area contributed by atoms with Crippen molar-refractivity contribution in [3.05, 3.63) is 0 Å². The predicted octanol–water partition coefficient (Wildman–Crippen LogP) is 2.05. The molecule has 0 radical (unpaired) electrons. The number of nitrogens with one attached hydrogen (secondary N) is 1. The fourth-order valence-corrected chi connectivity index (χ4v) is 2.93. The highest BCUT2D eigenvalue weighted by molar-refractivity contribution is 5.80. The number of carbonyl (C=O) groups excluding carboxylic acids is 1. The molecule has 0 aromatic rings. The molecule has 0 aromatic carbocycles. The zero-order valence-corrected chi connectivity index (χ0v) is 13.1. The Morgan fingerprint density at radius 1 is 1.37 bits per heavy atom. The normalized spacial score (nSPS) is 21.4. The Morgan fingerprint density at radius 3 is 2.63 bits per heavy atom. The van der Waals surface area contributed by atoms with Crippen molar-refractivity contribution in [2.45, 2.75) is 65.6 Å². The van der Waals surface area contributed by atoms with Crippen molar-refractivity contribution < 1.29 is 4.79 Å². The van der Waals surface area contributed by atoms with Crippen LogP contribution < -0.4 is 5.32 Å². The van der Waals surface area contributed by atoms with Crippen LogP contribution in [0.5, 0.6) is 0 Å². The lowest BCUT2D eigenvalue weighted by Gasteiger charge is -2.31. The van der Waals surface area contributed by atoms with E-state index in [0.717, 1.165) is 38.9 Å². The van der Waals surface area contributed by atoms with E-state index in [1.54, 1.807) is 0 Å². The second-order valence-corrected chi connectivity index (χ2v) is 5.50. The van der Waals surface area contributed by atoms with Gasteiger partial charge in [0.1, 0.15) is 0 Å². The molecule has 112 valence electrons. The maximum Gasteiger partial charge on any atom is 0.238 e. The van der Waals surface area contributed by atoms with Gasteiger partial charge in [0.15, 0.2) is 0 Å². The molecular formula is C15H31N3O. The summed E-state index contributed by atoms with van der Waals surface area (Å²) in [7, 11) is 0. The molecule has 1 heterocycles. The maximum absolute atomic E-state index is 12.0. The Bertz CT molecular complexity index is 266. The van der Waals surface area contributed by atoms with E-state index in [1.165, 1.54) is 6.42 Å². The van der Waals surface area contributed by atoms with E-state index >= 15 is 0 Å². The molecule has 2 unspecified atom stereocenters. The van der Waals surface area contributed by atoms with Gasteiger partial charge in [-0.3, -0.25) is 10.1 Å². The second-order valence-electron chi connectivity index (χ2n) is 5.50. The summed E-state index contributed by atoms with van der Waals surface area (Å²) in [6, 6.07) is 0.356. The summed E-state index contributed by atoms with van der Waals surface area (Å²) in [5.74, 6) is 0.272. The minimum atomic E-state index is 0.265. The molecule has 1 fully saturated rings. The first-order valence-corrected chi connectivity index (χ1v) is 7.90. The van der Waals surface area contributed by atoms with Gasteiger partial charge < -0.3 is 9.80 Å². The summed E-state index contributed by atoms with van der Waals surface area (Å²) in [5, 5.41) is 3.33. The third-order valence-electron chi connectivity index (χ3n) is 4.14. The monoisotopic (exact) mass is 269 g/mol. The van der Waals surface area contributed by atoms with Crippen molar-refractivity contribution in [3.8, 4) is 0 Å². The van der Waals surface area contributed by atoms with E-state index < -0.39 is 0 Å². The van der Waals surface area contributed by atoms with Crippen molar-refractivity contribution >= 4 is 5.91 Å². The quantitative estimate of drug-likeness (QED) is 0.696. The minimum Gasteiger partial charge on any atom is -0.323 e. The van der Waals surface area contributed by atoms with E-state index in [1.807, 2.05) is 0 Å². The minimum absolute atomic E-state index is 0.265. The zero-order chi connectivity index (χ0) is 14.3. The molecule has 1 rings (SSSR count). The summed E-state index contributed by atoms with van der Waals surface area (Å²) in [6.07, 6.45) is 4.72. The first-order chi connectivity index (χ1) is 9.13. The van der Waals surface area contributed by atoms with Crippen LogP contribution in [0.15, 0.2) is 0 Å². The maximum atomic E-state index is 12.0. The molecule has 1 N–H and O–H groups in total. The highest BCUT2D eigenvalue weighted by Crippen LogP contribution is 2.17. The highest BCUT2D eigenvalue weighted by Gasteiger charge is 2.32. The first-order valence-electron chi connectivity index (χ1n) is 7.90. The number of hydrogen-bond donors (Lipinski definition) is 1. The smallest absolute Gasteiger partial charge is 0.238 e. The van der Waals surface area contributed by atoms with Crippen LogP contribution in [0.2, 0.25) is 0 Å². The molecule has 1 aliphatic rings. The number of amides is 1. The summed E-state index contributed by atoms with van der Waals surface area (Å²) in [5.41, 5.74) is 0. The molecule has 0 spiro atoms. The lowest BCUT2D eigenvalue weighted by molar-refractivity contribution is -0.130. The van der Waals surface area contributed by atoms with Gasteiger partial charge in [0.2, 0.25) is 5.91 Å². The zero-order valence-electron chi connectivity index (χ0n) is 13.1. The third-order valence-corrected chi connectivity index (χ3v) is 4.14. The van der Waals surface area contributed by atoms with E-state index in [2.05, 4.69) is 42.8 Å². The molecule has 0 aliphatic carbocycles. The Labute approximate surface area is 118 Å². The Kier molecular flexibility index (Phi) is 7.39. The van der Waals surface area contributed by atoms with Crippen molar-refractivity contribution in [2.24, 2.45) is 0 Å². The molecule has 0 aromatic heterocycles. The fraction of sp³-hybridized carbons (Fsp3) is 0.933. The summed E-state index contributed by atoms with van der Waals surface area (Å²) >= 11 is 0. The van der Waals surface area contributed by atoms with E-state index in [9.17, 15) is 4.79 Å². The number of nitrogens with zero attached hydrogens (tertiary/aromatic N) is 2. The van der Waals surface area contributed by atoms with Crippen LogP contribution in [0, 0.1) is 0 Å². The largest absolute Gasteiger partial charge is 0.323 e. The number of carbonyl (C=O) groups is 1.